The molecule has 0 radical (unpaired) electrons. The van der Waals surface area contributed by atoms with Crippen molar-refractivity contribution < 1.29 is 4.79 Å². The number of carbonyl (C=O) groups excluding carboxylic acids is 1. The van der Waals surface area contributed by atoms with Crippen LogP contribution in [-0.2, 0) is 4.79 Å². The van der Waals surface area contributed by atoms with Crippen LogP contribution in [0.4, 0.5) is 5.69 Å². The van der Waals surface area contributed by atoms with E-state index < -0.39 is 0 Å². The molecule has 0 aliphatic carbocycles. The Hall–Kier alpha value is -4.93. The van der Waals surface area contributed by atoms with E-state index in [4.69, 9.17) is 4.98 Å². The lowest BCUT2D eigenvalue weighted by Crippen LogP contribution is -2.11. The molecule has 0 bridgehead atoms. The van der Waals surface area contributed by atoms with Crippen LogP contribution in [0.1, 0.15) is 31.9 Å². The summed E-state index contributed by atoms with van der Waals surface area (Å²) < 4.78 is 1.86. The SMILES string of the molecule is CCCCC(=O)Nc1cncc(-c2cc3c(-c4nc5c(-n6cnc(C)c6)nccc5[nH]4)n[nH]c3cn2)c1. The van der Waals surface area contributed by atoms with Gasteiger partial charge in [-0.1, -0.05) is 13.3 Å². The van der Waals surface area contributed by atoms with Gasteiger partial charge in [-0.2, -0.15) is 5.10 Å². The Labute approximate surface area is 211 Å². The van der Waals surface area contributed by atoms with E-state index in [1.54, 1.807) is 31.1 Å². The van der Waals surface area contributed by atoms with Crippen molar-refractivity contribution in [3.8, 4) is 28.6 Å². The molecule has 0 saturated heterocycles. The number of hydrogen-bond donors (Lipinski definition) is 3. The van der Waals surface area contributed by atoms with Gasteiger partial charge in [0.1, 0.15) is 17.5 Å². The van der Waals surface area contributed by atoms with Gasteiger partial charge < -0.3 is 10.3 Å². The summed E-state index contributed by atoms with van der Waals surface area (Å²) in [5.74, 6) is 1.28. The summed E-state index contributed by atoms with van der Waals surface area (Å²) >= 11 is 0. The number of amides is 1. The number of anilines is 1. The van der Waals surface area contributed by atoms with Crippen LogP contribution >= 0.6 is 0 Å². The number of hydrogen-bond acceptors (Lipinski definition) is 7. The minimum Gasteiger partial charge on any atom is -0.336 e. The van der Waals surface area contributed by atoms with Crippen molar-refractivity contribution in [2.75, 3.05) is 5.32 Å². The van der Waals surface area contributed by atoms with E-state index in [2.05, 4.69) is 47.4 Å². The first-order chi connectivity index (χ1) is 18.1. The number of aromatic amines is 2. The Morgan fingerprint density at radius 2 is 2.03 bits per heavy atom. The minimum atomic E-state index is -0.0223. The largest absolute Gasteiger partial charge is 0.336 e. The zero-order valence-electron chi connectivity index (χ0n) is 20.4. The van der Waals surface area contributed by atoms with Gasteiger partial charge in [0.25, 0.3) is 0 Å². The number of nitrogens with one attached hydrogen (secondary N) is 3. The second kappa shape index (κ2) is 9.26. The molecule has 0 fully saturated rings. The predicted molar refractivity (Wildman–Crippen MR) is 140 cm³/mol. The molecule has 0 aliphatic heterocycles. The predicted octanol–water partition coefficient (Wildman–Crippen LogP) is 4.58. The number of rotatable bonds is 7. The third-order valence-corrected chi connectivity index (χ3v) is 6.08. The molecule has 0 aliphatic rings. The van der Waals surface area contributed by atoms with Crippen LogP contribution in [0.5, 0.6) is 0 Å². The van der Waals surface area contributed by atoms with Gasteiger partial charge in [0.2, 0.25) is 5.91 Å². The molecule has 0 spiro atoms. The number of H-pyrrole nitrogens is 2. The molecular weight excluding hydrogens is 468 g/mol. The molecule has 6 aromatic heterocycles. The van der Waals surface area contributed by atoms with Gasteiger partial charge in [-0.25, -0.2) is 15.0 Å². The summed E-state index contributed by atoms with van der Waals surface area (Å²) in [7, 11) is 0. The van der Waals surface area contributed by atoms with E-state index in [0.29, 0.717) is 35.1 Å². The van der Waals surface area contributed by atoms with Crippen molar-refractivity contribution in [3.63, 3.8) is 0 Å². The standard InChI is InChI=1S/C26H24N10O/c1-3-4-5-22(37)31-17-8-16(10-27-11-17)20-9-18-21(12-29-20)34-35-23(18)25-32-19-6-7-28-26(24(19)33-25)36-13-15(2)30-14-36/h6-14H,3-5H2,1-2H3,(H,31,37)(H,32,33)(H,34,35). The Bertz CT molecular complexity index is 1750. The van der Waals surface area contributed by atoms with Crippen molar-refractivity contribution in [2.24, 2.45) is 0 Å². The zero-order chi connectivity index (χ0) is 25.4. The summed E-state index contributed by atoms with van der Waals surface area (Å²) in [6.07, 6.45) is 12.8. The zero-order valence-corrected chi connectivity index (χ0v) is 20.4. The van der Waals surface area contributed by atoms with Gasteiger partial charge in [-0.05, 0) is 31.5 Å². The molecule has 0 unspecified atom stereocenters. The monoisotopic (exact) mass is 492 g/mol. The second-order valence-corrected chi connectivity index (χ2v) is 8.84. The lowest BCUT2D eigenvalue weighted by atomic mass is 10.1. The third-order valence-electron chi connectivity index (χ3n) is 6.08. The van der Waals surface area contributed by atoms with Gasteiger partial charge in [-0.15, -0.1) is 0 Å². The summed E-state index contributed by atoms with van der Waals surface area (Å²) in [6, 6.07) is 5.70. The first-order valence-electron chi connectivity index (χ1n) is 12.0. The van der Waals surface area contributed by atoms with Crippen molar-refractivity contribution in [2.45, 2.75) is 33.1 Å². The smallest absolute Gasteiger partial charge is 0.224 e. The lowest BCUT2D eigenvalue weighted by Gasteiger charge is -2.07. The highest BCUT2D eigenvalue weighted by molar-refractivity contribution is 5.96. The number of unbranched alkanes of at least 4 members (excludes halogenated alkanes) is 1. The van der Waals surface area contributed by atoms with Crippen molar-refractivity contribution >= 4 is 33.5 Å². The van der Waals surface area contributed by atoms with Gasteiger partial charge >= 0.3 is 0 Å². The van der Waals surface area contributed by atoms with Crippen LogP contribution in [0, 0.1) is 6.92 Å². The van der Waals surface area contributed by atoms with E-state index in [1.165, 1.54) is 0 Å². The van der Waals surface area contributed by atoms with Gasteiger partial charge in [-0.3, -0.25) is 24.4 Å². The number of pyridine rings is 3. The second-order valence-electron chi connectivity index (χ2n) is 8.84. The highest BCUT2D eigenvalue weighted by atomic mass is 16.1. The average molecular weight is 493 g/mol. The lowest BCUT2D eigenvalue weighted by molar-refractivity contribution is -0.116. The highest BCUT2D eigenvalue weighted by Gasteiger charge is 2.17. The number of aromatic nitrogens is 9. The van der Waals surface area contributed by atoms with E-state index in [-0.39, 0.29) is 5.91 Å². The summed E-state index contributed by atoms with van der Waals surface area (Å²) in [5.41, 5.74) is 6.03. The van der Waals surface area contributed by atoms with Crippen LogP contribution in [0.3, 0.4) is 0 Å². The van der Waals surface area contributed by atoms with Crippen LogP contribution in [-0.4, -0.2) is 50.6 Å². The van der Waals surface area contributed by atoms with Crippen molar-refractivity contribution in [1.82, 2.24) is 44.7 Å². The first kappa shape index (κ1) is 22.5. The maximum atomic E-state index is 12.2. The maximum absolute atomic E-state index is 12.2. The molecule has 11 heteroatoms. The Morgan fingerprint density at radius 3 is 2.86 bits per heavy atom. The summed E-state index contributed by atoms with van der Waals surface area (Å²) in [6.45, 7) is 3.99. The third kappa shape index (κ3) is 4.31. The molecule has 184 valence electrons. The normalized spacial score (nSPS) is 11.4. The topological polar surface area (TPSA) is 143 Å². The van der Waals surface area contributed by atoms with Gasteiger partial charge in [0.15, 0.2) is 11.6 Å². The Morgan fingerprint density at radius 1 is 1.11 bits per heavy atom. The quantitative estimate of drug-likeness (QED) is 0.296. The molecule has 37 heavy (non-hydrogen) atoms. The summed E-state index contributed by atoms with van der Waals surface area (Å²) in [5, 5.41) is 11.3. The van der Waals surface area contributed by atoms with Crippen molar-refractivity contribution in [3.05, 3.63) is 61.2 Å². The maximum Gasteiger partial charge on any atom is 0.224 e. The van der Waals surface area contributed by atoms with Crippen LogP contribution in [0.2, 0.25) is 0 Å². The number of nitrogens with zero attached hydrogens (tertiary/aromatic N) is 7. The van der Waals surface area contributed by atoms with Gasteiger partial charge in [0.05, 0.1) is 40.5 Å². The fourth-order valence-electron chi connectivity index (χ4n) is 4.22. The minimum absolute atomic E-state index is 0.0223. The number of carbonyl (C=O) groups is 1. The molecule has 0 atom stereocenters. The Balaban J connectivity index is 1.37. The van der Waals surface area contributed by atoms with Gasteiger partial charge in [0, 0.05) is 36.0 Å². The molecular formula is C26H24N10O. The number of fused-ring (bicyclic) bond motifs is 2. The van der Waals surface area contributed by atoms with E-state index in [0.717, 1.165) is 46.0 Å². The number of imidazole rings is 2. The van der Waals surface area contributed by atoms with E-state index >= 15 is 0 Å². The first-order valence-corrected chi connectivity index (χ1v) is 12.0. The van der Waals surface area contributed by atoms with Crippen LogP contribution < -0.4 is 5.32 Å². The molecule has 3 N–H and O–H groups in total. The van der Waals surface area contributed by atoms with E-state index in [1.807, 2.05) is 35.9 Å². The fourth-order valence-corrected chi connectivity index (χ4v) is 4.22. The molecule has 1 amide bonds. The molecule has 11 nitrogen and oxygen atoms in total. The van der Waals surface area contributed by atoms with Crippen LogP contribution in [0.15, 0.2) is 55.5 Å². The number of aryl methyl sites for hydroxylation is 1. The van der Waals surface area contributed by atoms with Crippen molar-refractivity contribution in [1.29, 1.82) is 0 Å². The molecule has 6 rings (SSSR count). The van der Waals surface area contributed by atoms with Crippen LogP contribution in [0.25, 0.3) is 50.5 Å². The highest BCUT2D eigenvalue weighted by Crippen LogP contribution is 2.30. The molecule has 6 heterocycles. The molecule has 0 saturated carbocycles. The molecule has 6 aromatic rings. The average Bonchev–Trinajstić information content (AvgIpc) is 3.64. The fraction of sp³-hybridized carbons (Fsp3) is 0.192. The van der Waals surface area contributed by atoms with E-state index in [9.17, 15) is 4.79 Å². The Kier molecular flexibility index (Phi) is 5.64. The molecule has 0 aromatic carbocycles. The summed E-state index contributed by atoms with van der Waals surface area (Å²) in [4.78, 5) is 38.1.